The fourth-order valence-corrected chi connectivity index (χ4v) is 0.919. The second-order valence-corrected chi connectivity index (χ2v) is 2.71. The lowest BCUT2D eigenvalue weighted by Crippen LogP contribution is -2.20. The number of aromatic nitrogens is 1. The minimum atomic E-state index is -0.595. The number of carbonyl (C=O) groups excluding carboxylic acids is 2. The smallest absolute Gasteiger partial charge is 0.255 e. The average Bonchev–Trinajstić information content (AvgIpc) is 2.15. The van der Waals surface area contributed by atoms with Crippen LogP contribution in [-0.4, -0.2) is 23.8 Å². The van der Waals surface area contributed by atoms with E-state index in [-0.39, 0.29) is 18.1 Å². The number of carbonyl (C=O) groups is 2. The molecule has 0 aliphatic heterocycles. The Hall–Kier alpha value is -1.91. The number of hydrogen-bond donors (Lipinski definition) is 1. The summed E-state index contributed by atoms with van der Waals surface area (Å²) in [5.41, 5.74) is 5.77. The molecule has 1 aromatic heterocycles. The van der Waals surface area contributed by atoms with Crippen molar-refractivity contribution in [1.29, 1.82) is 0 Å². The summed E-state index contributed by atoms with van der Waals surface area (Å²) >= 11 is 0. The monoisotopic (exact) mass is 194 g/mol. The van der Waals surface area contributed by atoms with Gasteiger partial charge in [0.25, 0.3) is 5.91 Å². The molecule has 0 spiro atoms. The summed E-state index contributed by atoms with van der Waals surface area (Å²) in [7, 11) is 0. The van der Waals surface area contributed by atoms with E-state index in [1.165, 1.54) is 0 Å². The van der Waals surface area contributed by atoms with Crippen molar-refractivity contribution in [3.63, 3.8) is 0 Å². The number of primary amides is 1. The van der Waals surface area contributed by atoms with Crippen LogP contribution in [0.2, 0.25) is 0 Å². The van der Waals surface area contributed by atoms with Gasteiger partial charge in [0, 0.05) is 5.69 Å². The number of nitrogens with zero attached hydrogens (tertiary/aromatic N) is 1. The highest BCUT2D eigenvalue weighted by Crippen LogP contribution is 2.14. The van der Waals surface area contributed by atoms with Crippen LogP contribution in [0, 0.1) is 6.92 Å². The van der Waals surface area contributed by atoms with E-state index in [2.05, 4.69) is 4.98 Å². The van der Waals surface area contributed by atoms with Gasteiger partial charge in [-0.05, 0) is 19.1 Å². The van der Waals surface area contributed by atoms with Crippen molar-refractivity contribution in [1.82, 2.24) is 4.98 Å². The molecule has 1 aromatic rings. The van der Waals surface area contributed by atoms with Crippen LogP contribution in [-0.2, 0) is 4.79 Å². The Morgan fingerprint density at radius 3 is 2.93 bits per heavy atom. The summed E-state index contributed by atoms with van der Waals surface area (Å²) in [5, 5.41) is 0. The van der Waals surface area contributed by atoms with E-state index in [1.54, 1.807) is 19.1 Å². The molecule has 74 valence electrons. The molecule has 0 saturated heterocycles. The molecular weight excluding hydrogens is 184 g/mol. The van der Waals surface area contributed by atoms with E-state index >= 15 is 0 Å². The lowest BCUT2D eigenvalue weighted by molar-refractivity contribution is -0.119. The normalized spacial score (nSPS) is 9.50. The van der Waals surface area contributed by atoms with Gasteiger partial charge < -0.3 is 10.5 Å². The Morgan fingerprint density at radius 1 is 1.64 bits per heavy atom. The van der Waals surface area contributed by atoms with Crippen LogP contribution in [0.4, 0.5) is 0 Å². The Bertz CT molecular complexity index is 363. The number of aldehydes is 1. The molecule has 0 aliphatic carbocycles. The van der Waals surface area contributed by atoms with Gasteiger partial charge in [0.15, 0.2) is 12.9 Å². The number of amides is 1. The van der Waals surface area contributed by atoms with Gasteiger partial charge in [-0.15, -0.1) is 0 Å². The van der Waals surface area contributed by atoms with E-state index in [0.29, 0.717) is 12.0 Å². The van der Waals surface area contributed by atoms with Gasteiger partial charge in [0.2, 0.25) is 0 Å². The molecule has 0 radical (unpaired) electrons. The number of nitrogens with two attached hydrogens (primary N) is 1. The first-order valence-corrected chi connectivity index (χ1v) is 3.97. The molecule has 0 atom stereocenters. The lowest BCUT2D eigenvalue weighted by Gasteiger charge is -2.05. The number of rotatable bonds is 4. The topological polar surface area (TPSA) is 82.3 Å². The van der Waals surface area contributed by atoms with E-state index in [9.17, 15) is 9.59 Å². The van der Waals surface area contributed by atoms with Crippen LogP contribution < -0.4 is 10.5 Å². The van der Waals surface area contributed by atoms with Crippen molar-refractivity contribution in [2.75, 3.05) is 6.61 Å². The van der Waals surface area contributed by atoms with E-state index in [1.807, 2.05) is 0 Å². The highest BCUT2D eigenvalue weighted by molar-refractivity contribution is 5.78. The SMILES string of the molecule is Cc1ccc(OCC(N)=O)c(C=O)n1. The van der Waals surface area contributed by atoms with Crippen LogP contribution in [0.15, 0.2) is 12.1 Å². The van der Waals surface area contributed by atoms with Gasteiger partial charge in [-0.2, -0.15) is 0 Å². The van der Waals surface area contributed by atoms with Gasteiger partial charge >= 0.3 is 0 Å². The highest BCUT2D eigenvalue weighted by atomic mass is 16.5. The standard InChI is InChI=1S/C9H10N2O3/c1-6-2-3-8(7(4-12)11-6)14-5-9(10)13/h2-4H,5H2,1H3,(H2,10,13). The maximum absolute atomic E-state index is 10.6. The fourth-order valence-electron chi connectivity index (χ4n) is 0.919. The molecule has 0 saturated carbocycles. The molecule has 5 heteroatoms. The summed E-state index contributed by atoms with van der Waals surface area (Å²) < 4.78 is 4.98. The van der Waals surface area contributed by atoms with Crippen molar-refractivity contribution < 1.29 is 14.3 Å². The molecule has 0 unspecified atom stereocenters. The third-order valence-electron chi connectivity index (χ3n) is 1.51. The lowest BCUT2D eigenvalue weighted by atomic mass is 10.3. The number of ether oxygens (including phenoxy) is 1. The summed E-state index contributed by atoms with van der Waals surface area (Å²) in [4.78, 5) is 24.9. The van der Waals surface area contributed by atoms with E-state index < -0.39 is 5.91 Å². The Balaban J connectivity index is 2.85. The highest BCUT2D eigenvalue weighted by Gasteiger charge is 2.05. The van der Waals surface area contributed by atoms with Crippen molar-refractivity contribution >= 4 is 12.2 Å². The molecule has 1 amide bonds. The zero-order valence-electron chi connectivity index (χ0n) is 7.69. The molecule has 1 heterocycles. The second kappa shape index (κ2) is 4.36. The van der Waals surface area contributed by atoms with Gasteiger partial charge in [0.05, 0.1) is 0 Å². The summed E-state index contributed by atoms with van der Waals surface area (Å²) in [6.07, 6.45) is 0.573. The Kier molecular flexibility index (Phi) is 3.17. The van der Waals surface area contributed by atoms with Gasteiger partial charge in [-0.3, -0.25) is 9.59 Å². The van der Waals surface area contributed by atoms with Crippen LogP contribution in [0.5, 0.6) is 5.75 Å². The van der Waals surface area contributed by atoms with Crippen molar-refractivity contribution in [3.05, 3.63) is 23.5 Å². The van der Waals surface area contributed by atoms with Gasteiger partial charge in [-0.25, -0.2) is 4.98 Å². The zero-order chi connectivity index (χ0) is 10.6. The largest absolute Gasteiger partial charge is 0.481 e. The minimum absolute atomic E-state index is 0.172. The molecule has 0 aliphatic rings. The quantitative estimate of drug-likeness (QED) is 0.687. The summed E-state index contributed by atoms with van der Waals surface area (Å²) in [6, 6.07) is 3.26. The van der Waals surface area contributed by atoms with Gasteiger partial charge in [0.1, 0.15) is 11.4 Å². The molecular formula is C9H10N2O3. The van der Waals surface area contributed by atoms with Crippen LogP contribution >= 0.6 is 0 Å². The average molecular weight is 194 g/mol. The molecule has 0 aromatic carbocycles. The molecule has 2 N–H and O–H groups in total. The number of aryl methyl sites for hydroxylation is 1. The second-order valence-electron chi connectivity index (χ2n) is 2.71. The van der Waals surface area contributed by atoms with Crippen LogP contribution in [0.1, 0.15) is 16.2 Å². The first-order valence-electron chi connectivity index (χ1n) is 3.97. The molecule has 0 bridgehead atoms. The Morgan fingerprint density at radius 2 is 2.36 bits per heavy atom. The maximum Gasteiger partial charge on any atom is 0.255 e. The molecule has 5 nitrogen and oxygen atoms in total. The third-order valence-corrected chi connectivity index (χ3v) is 1.51. The van der Waals surface area contributed by atoms with E-state index in [4.69, 9.17) is 10.5 Å². The first kappa shape index (κ1) is 10.2. The predicted molar refractivity (Wildman–Crippen MR) is 49.1 cm³/mol. The van der Waals surface area contributed by atoms with Crippen LogP contribution in [0.3, 0.4) is 0 Å². The molecule has 1 rings (SSSR count). The summed E-state index contributed by atoms with van der Waals surface area (Å²) in [6.45, 7) is 1.50. The van der Waals surface area contributed by atoms with Crippen molar-refractivity contribution in [3.8, 4) is 5.75 Å². The maximum atomic E-state index is 10.6. The predicted octanol–water partition coefficient (Wildman–Crippen LogP) is 0.0666. The Labute approximate surface area is 80.9 Å². The number of hydrogen-bond acceptors (Lipinski definition) is 4. The minimum Gasteiger partial charge on any atom is -0.481 e. The van der Waals surface area contributed by atoms with Gasteiger partial charge in [-0.1, -0.05) is 0 Å². The first-order chi connectivity index (χ1) is 6.63. The molecule has 0 fully saturated rings. The zero-order valence-corrected chi connectivity index (χ0v) is 7.69. The third kappa shape index (κ3) is 2.55. The van der Waals surface area contributed by atoms with E-state index in [0.717, 1.165) is 0 Å². The van der Waals surface area contributed by atoms with Crippen molar-refractivity contribution in [2.24, 2.45) is 5.73 Å². The van der Waals surface area contributed by atoms with Crippen molar-refractivity contribution in [2.45, 2.75) is 6.92 Å². The molecule has 14 heavy (non-hydrogen) atoms. The fraction of sp³-hybridized carbons (Fsp3) is 0.222. The summed E-state index contributed by atoms with van der Waals surface area (Å²) in [5.74, 6) is -0.327. The number of pyridine rings is 1. The van der Waals surface area contributed by atoms with Crippen LogP contribution in [0.25, 0.3) is 0 Å².